The molecule has 0 aromatic heterocycles. The lowest BCUT2D eigenvalue weighted by Gasteiger charge is -2.33. The summed E-state index contributed by atoms with van der Waals surface area (Å²) in [6.07, 6.45) is 0.0176. The van der Waals surface area contributed by atoms with Gasteiger partial charge in [-0.1, -0.05) is 67.6 Å². The van der Waals surface area contributed by atoms with Crippen LogP contribution < -0.4 is 0 Å². The number of Topliss-reactive ketones (excluding diaryl/α,β-unsaturated/α-hetero) is 1. The predicted octanol–water partition coefficient (Wildman–Crippen LogP) is 4.32. The quantitative estimate of drug-likeness (QED) is 0.506. The number of hydrogen-bond donors (Lipinski definition) is 0. The minimum Gasteiger partial charge on any atom is -0.465 e. The number of carbonyl (C=O) groups is 3. The van der Waals surface area contributed by atoms with Gasteiger partial charge in [0, 0.05) is 17.4 Å². The first-order valence-corrected chi connectivity index (χ1v) is 10.2. The van der Waals surface area contributed by atoms with Gasteiger partial charge in [-0.25, -0.2) is 0 Å². The van der Waals surface area contributed by atoms with Crippen LogP contribution in [-0.4, -0.2) is 30.9 Å². The highest BCUT2D eigenvalue weighted by Crippen LogP contribution is 2.54. The summed E-state index contributed by atoms with van der Waals surface area (Å²) in [5.41, 5.74) is 1.66. The molecule has 1 unspecified atom stereocenters. The lowest BCUT2D eigenvalue weighted by molar-refractivity contribution is -0.166. The number of ketones is 1. The van der Waals surface area contributed by atoms with Crippen molar-refractivity contribution in [2.45, 2.75) is 27.2 Å². The third kappa shape index (κ3) is 3.92. The zero-order valence-electron chi connectivity index (χ0n) is 17.5. The van der Waals surface area contributed by atoms with Crippen LogP contribution in [0.15, 0.2) is 60.7 Å². The summed E-state index contributed by atoms with van der Waals surface area (Å²) in [6.45, 7) is 5.42. The normalized spacial score (nSPS) is 18.6. The maximum absolute atomic E-state index is 13.3. The van der Waals surface area contributed by atoms with E-state index in [4.69, 9.17) is 9.47 Å². The molecule has 2 aromatic carbocycles. The molecule has 5 heteroatoms. The highest BCUT2D eigenvalue weighted by Gasteiger charge is 2.54. The fourth-order valence-corrected chi connectivity index (χ4v) is 4.24. The van der Waals surface area contributed by atoms with Crippen LogP contribution in [0.4, 0.5) is 0 Å². The Kier molecular flexibility index (Phi) is 6.50. The molecule has 1 aliphatic carbocycles. The topological polar surface area (TPSA) is 69.7 Å². The average Bonchev–Trinajstić information content (AvgIpc) is 3.00. The number of esters is 2. The van der Waals surface area contributed by atoms with Crippen LogP contribution in [0.2, 0.25) is 0 Å². The molecule has 2 aromatic rings. The van der Waals surface area contributed by atoms with E-state index < -0.39 is 23.3 Å². The van der Waals surface area contributed by atoms with Gasteiger partial charge in [-0.15, -0.1) is 0 Å². The second kappa shape index (κ2) is 9.08. The first-order valence-electron chi connectivity index (χ1n) is 10.2. The molecule has 1 aliphatic rings. The van der Waals surface area contributed by atoms with Crippen molar-refractivity contribution in [1.29, 1.82) is 0 Å². The van der Waals surface area contributed by atoms with Crippen LogP contribution in [0, 0.1) is 11.3 Å². The van der Waals surface area contributed by atoms with Crippen LogP contribution in [-0.2, 0) is 23.9 Å². The van der Waals surface area contributed by atoms with Crippen LogP contribution in [0.5, 0.6) is 0 Å². The molecule has 0 saturated carbocycles. The lowest BCUT2D eigenvalue weighted by Crippen LogP contribution is -2.41. The molecule has 0 saturated heterocycles. The second-order valence-electron chi connectivity index (χ2n) is 7.44. The van der Waals surface area contributed by atoms with Crippen LogP contribution >= 0.6 is 0 Å². The molecule has 0 radical (unpaired) electrons. The molecule has 0 fully saturated rings. The van der Waals surface area contributed by atoms with Gasteiger partial charge < -0.3 is 9.47 Å². The van der Waals surface area contributed by atoms with E-state index in [9.17, 15) is 14.4 Å². The number of ether oxygens (including phenoxy) is 2. The maximum atomic E-state index is 13.3. The Labute approximate surface area is 176 Å². The van der Waals surface area contributed by atoms with Gasteiger partial charge in [0.1, 0.15) is 0 Å². The molecule has 0 N–H and O–H groups in total. The van der Waals surface area contributed by atoms with Gasteiger partial charge in [0.15, 0.2) is 11.7 Å². The summed E-state index contributed by atoms with van der Waals surface area (Å²) in [4.78, 5) is 39.1. The fraction of sp³-hybridized carbons (Fsp3) is 0.320. The zero-order chi connectivity index (χ0) is 21.7. The number of allylic oxidation sites excluding steroid dienone is 2. The van der Waals surface area contributed by atoms with Crippen LogP contribution in [0.3, 0.4) is 0 Å². The third-order valence-electron chi connectivity index (χ3n) is 5.43. The number of rotatable bonds is 7. The van der Waals surface area contributed by atoms with E-state index >= 15 is 0 Å². The Balaban J connectivity index is 2.27. The van der Waals surface area contributed by atoms with E-state index in [1.165, 1.54) is 0 Å². The average molecular weight is 406 g/mol. The van der Waals surface area contributed by atoms with Crippen molar-refractivity contribution < 1.29 is 23.9 Å². The largest absolute Gasteiger partial charge is 0.465 e. The summed E-state index contributed by atoms with van der Waals surface area (Å²) < 4.78 is 10.5. The first-order chi connectivity index (χ1) is 14.4. The molecule has 0 heterocycles. The Hall–Kier alpha value is -3.21. The number of benzene rings is 2. The molecule has 1 atom stereocenters. The van der Waals surface area contributed by atoms with Gasteiger partial charge in [-0.2, -0.15) is 0 Å². The maximum Gasteiger partial charge on any atom is 0.321 e. The Morgan fingerprint density at radius 1 is 0.867 bits per heavy atom. The highest BCUT2D eigenvalue weighted by atomic mass is 16.6. The summed E-state index contributed by atoms with van der Waals surface area (Å²) in [6, 6.07) is 18.8. The third-order valence-corrected chi connectivity index (χ3v) is 5.43. The predicted molar refractivity (Wildman–Crippen MR) is 114 cm³/mol. The van der Waals surface area contributed by atoms with Gasteiger partial charge >= 0.3 is 11.9 Å². The molecular formula is C25H26O5. The van der Waals surface area contributed by atoms with E-state index in [-0.39, 0.29) is 25.4 Å². The minimum atomic E-state index is -1.24. The van der Waals surface area contributed by atoms with E-state index in [2.05, 4.69) is 0 Å². The Morgan fingerprint density at radius 3 is 1.80 bits per heavy atom. The van der Waals surface area contributed by atoms with Crippen LogP contribution in [0.1, 0.15) is 38.3 Å². The van der Waals surface area contributed by atoms with Crippen LogP contribution in [0.25, 0.3) is 11.1 Å². The standard InChI is InChI=1S/C25H26O5/c1-4-29-23(27)22(24(28)30-5-2)25(3)16-19(26)20(17-12-8-6-9-13-17)21(25)18-14-10-7-11-15-18/h6-15,22H,4-5,16H2,1-3H3. The summed E-state index contributed by atoms with van der Waals surface area (Å²) >= 11 is 0. The molecule has 30 heavy (non-hydrogen) atoms. The summed E-state index contributed by atoms with van der Waals surface area (Å²) in [7, 11) is 0. The van der Waals surface area contributed by atoms with E-state index in [1.54, 1.807) is 20.8 Å². The molecule has 156 valence electrons. The Morgan fingerprint density at radius 2 is 1.33 bits per heavy atom. The lowest BCUT2D eigenvalue weighted by atomic mass is 9.69. The SMILES string of the molecule is CCOC(=O)C(C(=O)OCC)C1(C)CC(=O)C(c2ccccc2)=C1c1ccccc1. The van der Waals surface area contributed by atoms with Gasteiger partial charge in [0.2, 0.25) is 0 Å². The van der Waals surface area contributed by atoms with Crippen molar-refractivity contribution in [3.8, 4) is 0 Å². The van der Waals surface area contributed by atoms with E-state index in [0.29, 0.717) is 11.1 Å². The second-order valence-corrected chi connectivity index (χ2v) is 7.44. The molecule has 0 spiro atoms. The monoisotopic (exact) mass is 406 g/mol. The molecule has 0 amide bonds. The van der Waals surface area contributed by atoms with Gasteiger partial charge in [-0.05, 0) is 30.5 Å². The van der Waals surface area contributed by atoms with E-state index in [0.717, 1.165) is 11.1 Å². The van der Waals surface area contributed by atoms with Crippen molar-refractivity contribution in [2.75, 3.05) is 13.2 Å². The molecule has 0 bridgehead atoms. The number of hydrogen-bond acceptors (Lipinski definition) is 5. The van der Waals surface area contributed by atoms with Gasteiger partial charge in [-0.3, -0.25) is 14.4 Å². The van der Waals surface area contributed by atoms with Crippen molar-refractivity contribution in [3.63, 3.8) is 0 Å². The van der Waals surface area contributed by atoms with Crippen molar-refractivity contribution in [2.24, 2.45) is 11.3 Å². The highest BCUT2D eigenvalue weighted by molar-refractivity contribution is 6.33. The fourth-order valence-electron chi connectivity index (χ4n) is 4.24. The molecule has 5 nitrogen and oxygen atoms in total. The van der Waals surface area contributed by atoms with Crippen molar-refractivity contribution in [3.05, 3.63) is 71.8 Å². The number of carbonyl (C=O) groups excluding carboxylic acids is 3. The Bertz CT molecular complexity index is 944. The first kappa shape index (κ1) is 21.5. The van der Waals surface area contributed by atoms with Gasteiger partial charge in [0.05, 0.1) is 13.2 Å². The molecule has 0 aliphatic heterocycles. The molecular weight excluding hydrogens is 380 g/mol. The summed E-state index contributed by atoms with van der Waals surface area (Å²) in [5, 5.41) is 0. The molecule has 3 rings (SSSR count). The smallest absolute Gasteiger partial charge is 0.321 e. The zero-order valence-corrected chi connectivity index (χ0v) is 17.5. The van der Waals surface area contributed by atoms with Crippen molar-refractivity contribution >= 4 is 28.9 Å². The minimum absolute atomic E-state index is 0.0176. The van der Waals surface area contributed by atoms with E-state index in [1.807, 2.05) is 60.7 Å². The summed E-state index contributed by atoms with van der Waals surface area (Å²) in [5.74, 6) is -2.69. The van der Waals surface area contributed by atoms with Crippen molar-refractivity contribution in [1.82, 2.24) is 0 Å². The van der Waals surface area contributed by atoms with Gasteiger partial charge in [0.25, 0.3) is 0 Å².